The molecule has 2 aliphatic rings. The zero-order valence-corrected chi connectivity index (χ0v) is 12.7. The van der Waals surface area contributed by atoms with E-state index in [1.54, 1.807) is 11.9 Å². The Kier molecular flexibility index (Phi) is 5.02. The SMILES string of the molecule is CNC1(CC(=O)NC2CCC(=O)N(C)C2)CCCCC1. The van der Waals surface area contributed by atoms with Gasteiger partial charge in [-0.15, -0.1) is 0 Å². The van der Waals surface area contributed by atoms with Gasteiger partial charge in [-0.05, 0) is 26.3 Å². The van der Waals surface area contributed by atoms with Gasteiger partial charge < -0.3 is 15.5 Å². The van der Waals surface area contributed by atoms with E-state index in [2.05, 4.69) is 10.6 Å². The molecule has 1 aliphatic carbocycles. The average Bonchev–Trinajstić information content (AvgIpc) is 2.44. The van der Waals surface area contributed by atoms with Crippen LogP contribution in [0, 0.1) is 0 Å². The maximum Gasteiger partial charge on any atom is 0.222 e. The number of nitrogens with zero attached hydrogens (tertiary/aromatic N) is 1. The molecule has 2 amide bonds. The summed E-state index contributed by atoms with van der Waals surface area (Å²) in [6, 6.07) is 0.114. The number of amides is 2. The molecule has 2 N–H and O–H groups in total. The second kappa shape index (κ2) is 6.57. The second-order valence-electron chi connectivity index (χ2n) is 6.35. The standard InChI is InChI=1S/C15H27N3O2/c1-16-15(8-4-3-5-9-15)10-13(19)17-12-6-7-14(20)18(2)11-12/h12,16H,3-11H2,1-2H3,(H,17,19). The first-order chi connectivity index (χ1) is 9.54. The van der Waals surface area contributed by atoms with Crippen molar-refractivity contribution in [3.8, 4) is 0 Å². The Morgan fingerprint density at radius 2 is 2.05 bits per heavy atom. The first-order valence-electron chi connectivity index (χ1n) is 7.77. The summed E-state index contributed by atoms with van der Waals surface area (Å²) in [5.74, 6) is 0.295. The Balaban J connectivity index is 1.84. The van der Waals surface area contributed by atoms with Crippen molar-refractivity contribution in [3.05, 3.63) is 0 Å². The van der Waals surface area contributed by atoms with Crippen LogP contribution in [0.2, 0.25) is 0 Å². The van der Waals surface area contributed by atoms with Crippen LogP contribution in [0.4, 0.5) is 0 Å². The summed E-state index contributed by atoms with van der Waals surface area (Å²) >= 11 is 0. The number of hydrogen-bond donors (Lipinski definition) is 2. The molecular formula is C15H27N3O2. The van der Waals surface area contributed by atoms with Gasteiger partial charge in [-0.2, -0.15) is 0 Å². The summed E-state index contributed by atoms with van der Waals surface area (Å²) in [7, 11) is 3.77. The van der Waals surface area contributed by atoms with E-state index in [1.807, 2.05) is 7.05 Å². The minimum absolute atomic E-state index is 0.0152. The number of piperidine rings is 1. The molecule has 1 atom stereocenters. The zero-order valence-electron chi connectivity index (χ0n) is 12.7. The van der Waals surface area contributed by atoms with Gasteiger partial charge in [0.15, 0.2) is 0 Å². The maximum atomic E-state index is 12.3. The predicted molar refractivity (Wildman–Crippen MR) is 78.3 cm³/mol. The third-order valence-corrected chi connectivity index (χ3v) is 4.83. The van der Waals surface area contributed by atoms with Crippen LogP contribution >= 0.6 is 0 Å². The first-order valence-corrected chi connectivity index (χ1v) is 7.77. The van der Waals surface area contributed by atoms with Gasteiger partial charge in [0.05, 0.1) is 0 Å². The second-order valence-corrected chi connectivity index (χ2v) is 6.35. The summed E-state index contributed by atoms with van der Waals surface area (Å²) in [4.78, 5) is 25.4. The Morgan fingerprint density at radius 1 is 1.35 bits per heavy atom. The van der Waals surface area contributed by atoms with Crippen molar-refractivity contribution in [2.24, 2.45) is 0 Å². The fourth-order valence-electron chi connectivity index (χ4n) is 3.46. The molecule has 0 bridgehead atoms. The van der Waals surface area contributed by atoms with Crippen LogP contribution < -0.4 is 10.6 Å². The molecule has 1 heterocycles. The van der Waals surface area contributed by atoms with Crippen LogP contribution in [0.5, 0.6) is 0 Å². The monoisotopic (exact) mass is 281 g/mol. The van der Waals surface area contributed by atoms with Crippen LogP contribution in [-0.2, 0) is 9.59 Å². The summed E-state index contributed by atoms with van der Waals surface area (Å²) in [6.07, 6.45) is 7.71. The fraction of sp³-hybridized carbons (Fsp3) is 0.867. The molecule has 0 aromatic carbocycles. The summed E-state index contributed by atoms with van der Waals surface area (Å²) < 4.78 is 0. The maximum absolute atomic E-state index is 12.3. The number of carbonyl (C=O) groups is 2. The number of likely N-dealkylation sites (tertiary alicyclic amines) is 1. The van der Waals surface area contributed by atoms with E-state index in [1.165, 1.54) is 19.3 Å². The highest BCUT2D eigenvalue weighted by Crippen LogP contribution is 2.30. The quantitative estimate of drug-likeness (QED) is 0.809. The van der Waals surface area contributed by atoms with Crippen molar-refractivity contribution in [1.82, 2.24) is 15.5 Å². The number of likely N-dealkylation sites (N-methyl/N-ethyl adjacent to an activating group) is 1. The van der Waals surface area contributed by atoms with E-state index in [9.17, 15) is 9.59 Å². The van der Waals surface area contributed by atoms with Gasteiger partial charge >= 0.3 is 0 Å². The van der Waals surface area contributed by atoms with E-state index in [-0.39, 0.29) is 23.4 Å². The zero-order chi connectivity index (χ0) is 14.6. The van der Waals surface area contributed by atoms with Crippen LogP contribution in [0.3, 0.4) is 0 Å². The summed E-state index contributed by atoms with van der Waals surface area (Å²) in [5, 5.41) is 6.48. The number of nitrogens with one attached hydrogen (secondary N) is 2. The molecule has 1 unspecified atom stereocenters. The normalized spacial score (nSPS) is 26.4. The number of hydrogen-bond acceptors (Lipinski definition) is 3. The van der Waals surface area contributed by atoms with Gasteiger partial charge in [-0.1, -0.05) is 19.3 Å². The smallest absolute Gasteiger partial charge is 0.222 e. The van der Waals surface area contributed by atoms with Crippen LogP contribution in [-0.4, -0.2) is 48.9 Å². The molecule has 5 heteroatoms. The van der Waals surface area contributed by atoms with Crippen molar-refractivity contribution >= 4 is 11.8 Å². The molecule has 1 aliphatic heterocycles. The van der Waals surface area contributed by atoms with Gasteiger partial charge in [0, 0.05) is 38.0 Å². The van der Waals surface area contributed by atoms with Crippen molar-refractivity contribution in [3.63, 3.8) is 0 Å². The fourth-order valence-corrected chi connectivity index (χ4v) is 3.46. The van der Waals surface area contributed by atoms with Gasteiger partial charge in [0.25, 0.3) is 0 Å². The molecule has 114 valence electrons. The number of carbonyl (C=O) groups excluding carboxylic acids is 2. The van der Waals surface area contributed by atoms with E-state index >= 15 is 0 Å². The highest BCUT2D eigenvalue weighted by Gasteiger charge is 2.33. The van der Waals surface area contributed by atoms with Gasteiger partial charge in [0.2, 0.25) is 11.8 Å². The predicted octanol–water partition coefficient (Wildman–Crippen LogP) is 1.04. The summed E-state index contributed by atoms with van der Waals surface area (Å²) in [5.41, 5.74) is -0.0152. The highest BCUT2D eigenvalue weighted by atomic mass is 16.2. The van der Waals surface area contributed by atoms with Crippen LogP contribution in [0.15, 0.2) is 0 Å². The third kappa shape index (κ3) is 3.72. The molecule has 2 fully saturated rings. The molecule has 0 aromatic rings. The van der Waals surface area contributed by atoms with Gasteiger partial charge in [0.1, 0.15) is 0 Å². The molecule has 1 saturated heterocycles. The lowest BCUT2D eigenvalue weighted by Crippen LogP contribution is -2.52. The Morgan fingerprint density at radius 3 is 2.65 bits per heavy atom. The van der Waals surface area contributed by atoms with Crippen LogP contribution in [0.25, 0.3) is 0 Å². The summed E-state index contributed by atoms with van der Waals surface area (Å²) in [6.45, 7) is 0.636. The van der Waals surface area contributed by atoms with Crippen molar-refractivity contribution in [2.45, 2.75) is 62.9 Å². The lowest BCUT2D eigenvalue weighted by atomic mass is 9.79. The molecule has 1 saturated carbocycles. The largest absolute Gasteiger partial charge is 0.352 e. The molecular weight excluding hydrogens is 254 g/mol. The Labute approximate surface area is 121 Å². The highest BCUT2D eigenvalue weighted by molar-refractivity contribution is 5.79. The van der Waals surface area contributed by atoms with E-state index < -0.39 is 0 Å². The number of rotatable bonds is 4. The molecule has 0 radical (unpaired) electrons. The minimum Gasteiger partial charge on any atom is -0.352 e. The molecule has 5 nitrogen and oxygen atoms in total. The van der Waals surface area contributed by atoms with Crippen molar-refractivity contribution in [2.75, 3.05) is 20.6 Å². The lowest BCUT2D eigenvalue weighted by molar-refractivity contribution is -0.134. The molecule has 20 heavy (non-hydrogen) atoms. The van der Waals surface area contributed by atoms with Gasteiger partial charge in [-0.3, -0.25) is 9.59 Å². The molecule has 2 rings (SSSR count). The van der Waals surface area contributed by atoms with E-state index in [4.69, 9.17) is 0 Å². The Bertz CT molecular complexity index is 364. The van der Waals surface area contributed by atoms with Crippen molar-refractivity contribution < 1.29 is 9.59 Å². The molecule has 0 spiro atoms. The lowest BCUT2D eigenvalue weighted by Gasteiger charge is -2.37. The minimum atomic E-state index is -0.0152. The van der Waals surface area contributed by atoms with Crippen LogP contribution in [0.1, 0.15) is 51.4 Å². The average molecular weight is 281 g/mol. The first kappa shape index (κ1) is 15.3. The van der Waals surface area contributed by atoms with Crippen molar-refractivity contribution in [1.29, 1.82) is 0 Å². The van der Waals surface area contributed by atoms with E-state index in [0.717, 1.165) is 19.3 Å². The Hall–Kier alpha value is -1.10. The topological polar surface area (TPSA) is 61.4 Å². The van der Waals surface area contributed by atoms with Gasteiger partial charge in [-0.25, -0.2) is 0 Å². The molecule has 0 aromatic heterocycles. The third-order valence-electron chi connectivity index (χ3n) is 4.83. The van der Waals surface area contributed by atoms with E-state index in [0.29, 0.717) is 19.4 Å².